The molecule has 1 aromatic carbocycles. The minimum absolute atomic E-state index is 0.0153. The fraction of sp³-hybridized carbons (Fsp3) is 0.333. The Morgan fingerprint density at radius 2 is 2.14 bits per heavy atom. The Labute approximate surface area is 78.6 Å². The lowest BCUT2D eigenvalue weighted by atomic mass is 10.1. The van der Waals surface area contributed by atoms with Gasteiger partial charge in [-0.2, -0.15) is 8.78 Å². The van der Waals surface area contributed by atoms with E-state index >= 15 is 0 Å². The van der Waals surface area contributed by atoms with E-state index in [0.717, 1.165) is 0 Å². The van der Waals surface area contributed by atoms with Crippen LogP contribution in [0.4, 0.5) is 8.78 Å². The second-order valence-corrected chi connectivity index (χ2v) is 3.10. The summed E-state index contributed by atoms with van der Waals surface area (Å²) in [4.78, 5) is 0. The molecule has 1 unspecified atom stereocenters. The first-order chi connectivity index (χ1) is 6.54. The van der Waals surface area contributed by atoms with Crippen molar-refractivity contribution in [1.29, 1.82) is 0 Å². The van der Waals surface area contributed by atoms with E-state index in [9.17, 15) is 13.9 Å². The van der Waals surface area contributed by atoms with E-state index in [1.54, 1.807) is 0 Å². The lowest BCUT2D eigenvalue weighted by Crippen LogP contribution is -2.26. The molecule has 1 heterocycles. The van der Waals surface area contributed by atoms with E-state index in [-0.39, 0.29) is 17.9 Å². The Morgan fingerprint density at radius 3 is 2.79 bits per heavy atom. The Balaban J connectivity index is 2.45. The maximum atomic E-state index is 12.8. The molecular formula is C9H8F2O3. The van der Waals surface area contributed by atoms with Crippen molar-refractivity contribution in [2.75, 3.05) is 0 Å². The fourth-order valence-electron chi connectivity index (χ4n) is 1.39. The van der Waals surface area contributed by atoms with Gasteiger partial charge in [-0.3, -0.25) is 0 Å². The predicted octanol–water partition coefficient (Wildman–Crippen LogP) is 1.20. The van der Waals surface area contributed by atoms with Crippen LogP contribution in [-0.4, -0.2) is 16.3 Å². The summed E-state index contributed by atoms with van der Waals surface area (Å²) in [6.07, 6.45) is -5.53. The van der Waals surface area contributed by atoms with Crippen molar-refractivity contribution in [3.8, 4) is 5.75 Å². The number of halogens is 2. The maximum absolute atomic E-state index is 12.8. The van der Waals surface area contributed by atoms with Crippen LogP contribution in [0.2, 0.25) is 0 Å². The Bertz CT molecular complexity index is 365. The average Bonchev–Trinajstić information content (AvgIpc) is 2.38. The highest BCUT2D eigenvalue weighted by Crippen LogP contribution is 2.45. The van der Waals surface area contributed by atoms with Gasteiger partial charge in [0, 0.05) is 5.56 Å². The van der Waals surface area contributed by atoms with Gasteiger partial charge in [0.05, 0.1) is 6.61 Å². The van der Waals surface area contributed by atoms with Crippen LogP contribution < -0.4 is 4.74 Å². The minimum atomic E-state index is -3.57. The van der Waals surface area contributed by atoms with Gasteiger partial charge in [0.15, 0.2) is 6.10 Å². The SMILES string of the molecule is OCc1ccc2c(c1)C(O)C(F)(F)O2. The molecule has 0 bridgehead atoms. The first kappa shape index (κ1) is 9.36. The third kappa shape index (κ3) is 1.25. The largest absolute Gasteiger partial charge is 0.430 e. The topological polar surface area (TPSA) is 49.7 Å². The third-order valence-corrected chi connectivity index (χ3v) is 2.12. The first-order valence-corrected chi connectivity index (χ1v) is 4.03. The van der Waals surface area contributed by atoms with Gasteiger partial charge in [0.25, 0.3) is 0 Å². The number of ether oxygens (including phenoxy) is 1. The number of aliphatic hydroxyl groups excluding tert-OH is 2. The predicted molar refractivity (Wildman–Crippen MR) is 42.9 cm³/mol. The number of aliphatic hydroxyl groups is 2. The lowest BCUT2D eigenvalue weighted by molar-refractivity contribution is -0.224. The number of fused-ring (bicyclic) bond motifs is 1. The molecule has 0 amide bonds. The van der Waals surface area contributed by atoms with Crippen LogP contribution in [0, 0.1) is 0 Å². The molecule has 0 aliphatic carbocycles. The van der Waals surface area contributed by atoms with Crippen molar-refractivity contribution >= 4 is 0 Å². The molecule has 1 aromatic rings. The second-order valence-electron chi connectivity index (χ2n) is 3.10. The van der Waals surface area contributed by atoms with Crippen molar-refractivity contribution < 1.29 is 23.7 Å². The number of hydrogen-bond donors (Lipinski definition) is 2. The molecule has 0 radical (unpaired) electrons. The standard InChI is InChI=1S/C9H8F2O3/c10-9(11)8(13)6-3-5(4-12)1-2-7(6)14-9/h1-3,8,12-13H,4H2. The van der Waals surface area contributed by atoms with Gasteiger partial charge in [0.1, 0.15) is 5.75 Å². The summed E-state index contributed by atoms with van der Waals surface area (Å²) < 4.78 is 29.9. The lowest BCUT2D eigenvalue weighted by Gasteiger charge is -2.11. The highest BCUT2D eigenvalue weighted by Gasteiger charge is 2.49. The Kier molecular flexibility index (Phi) is 1.94. The molecule has 0 spiro atoms. The molecule has 0 aromatic heterocycles. The summed E-state index contributed by atoms with van der Waals surface area (Å²) in [5.41, 5.74) is 0.477. The van der Waals surface area contributed by atoms with E-state index in [2.05, 4.69) is 4.74 Å². The van der Waals surface area contributed by atoms with Crippen LogP contribution in [0.1, 0.15) is 17.2 Å². The van der Waals surface area contributed by atoms with E-state index in [1.807, 2.05) is 0 Å². The summed E-state index contributed by atoms with van der Waals surface area (Å²) in [6.45, 7) is -0.258. The molecule has 14 heavy (non-hydrogen) atoms. The second kappa shape index (κ2) is 2.90. The molecule has 1 atom stereocenters. The van der Waals surface area contributed by atoms with Gasteiger partial charge in [-0.15, -0.1) is 0 Å². The first-order valence-electron chi connectivity index (χ1n) is 4.03. The van der Waals surface area contributed by atoms with Crippen molar-refractivity contribution in [1.82, 2.24) is 0 Å². The fourth-order valence-corrected chi connectivity index (χ4v) is 1.39. The molecular weight excluding hydrogens is 194 g/mol. The average molecular weight is 202 g/mol. The van der Waals surface area contributed by atoms with Crippen molar-refractivity contribution in [3.63, 3.8) is 0 Å². The van der Waals surface area contributed by atoms with Gasteiger partial charge in [-0.05, 0) is 17.7 Å². The van der Waals surface area contributed by atoms with Crippen LogP contribution in [0.25, 0.3) is 0 Å². The summed E-state index contributed by atoms with van der Waals surface area (Å²) in [5.74, 6) is -0.0419. The highest BCUT2D eigenvalue weighted by atomic mass is 19.3. The molecule has 0 saturated heterocycles. The molecule has 0 fully saturated rings. The van der Waals surface area contributed by atoms with Gasteiger partial charge in [-0.1, -0.05) is 6.07 Å². The van der Waals surface area contributed by atoms with Crippen molar-refractivity contribution in [3.05, 3.63) is 29.3 Å². The highest BCUT2D eigenvalue weighted by molar-refractivity contribution is 5.42. The van der Waals surface area contributed by atoms with Crippen LogP contribution in [0.3, 0.4) is 0 Å². The molecule has 0 saturated carbocycles. The Morgan fingerprint density at radius 1 is 1.43 bits per heavy atom. The molecule has 2 rings (SSSR count). The molecule has 1 aliphatic rings. The monoisotopic (exact) mass is 202 g/mol. The molecule has 3 nitrogen and oxygen atoms in total. The van der Waals surface area contributed by atoms with E-state index in [1.165, 1.54) is 18.2 Å². The van der Waals surface area contributed by atoms with E-state index < -0.39 is 12.2 Å². The summed E-state index contributed by atoms with van der Waals surface area (Å²) >= 11 is 0. The van der Waals surface area contributed by atoms with Gasteiger partial charge < -0.3 is 14.9 Å². The smallest absolute Gasteiger partial charge is 0.429 e. The summed E-state index contributed by atoms with van der Waals surface area (Å²) in [7, 11) is 0. The third-order valence-electron chi connectivity index (χ3n) is 2.12. The van der Waals surface area contributed by atoms with Gasteiger partial charge >= 0.3 is 6.11 Å². The van der Waals surface area contributed by atoms with Crippen molar-refractivity contribution in [2.45, 2.75) is 18.8 Å². The molecule has 2 N–H and O–H groups in total. The van der Waals surface area contributed by atoms with Crippen LogP contribution >= 0.6 is 0 Å². The van der Waals surface area contributed by atoms with Gasteiger partial charge in [-0.25, -0.2) is 0 Å². The van der Waals surface area contributed by atoms with E-state index in [0.29, 0.717) is 5.56 Å². The number of benzene rings is 1. The van der Waals surface area contributed by atoms with Gasteiger partial charge in [0.2, 0.25) is 0 Å². The normalized spacial score (nSPS) is 23.0. The van der Waals surface area contributed by atoms with Crippen LogP contribution in [0.15, 0.2) is 18.2 Å². The number of alkyl halides is 2. The van der Waals surface area contributed by atoms with E-state index in [4.69, 9.17) is 5.11 Å². The number of rotatable bonds is 1. The zero-order valence-electron chi connectivity index (χ0n) is 7.08. The number of hydrogen-bond acceptors (Lipinski definition) is 3. The van der Waals surface area contributed by atoms with Crippen LogP contribution in [-0.2, 0) is 6.61 Å². The Hall–Kier alpha value is -1.20. The molecule has 1 aliphatic heterocycles. The summed E-state index contributed by atoms with van der Waals surface area (Å²) in [6, 6.07) is 4.08. The molecule has 76 valence electrons. The maximum Gasteiger partial charge on any atom is 0.429 e. The zero-order valence-corrected chi connectivity index (χ0v) is 7.08. The quantitative estimate of drug-likeness (QED) is 0.719. The zero-order chi connectivity index (χ0) is 10.3. The minimum Gasteiger partial charge on any atom is -0.430 e. The van der Waals surface area contributed by atoms with Crippen LogP contribution in [0.5, 0.6) is 5.75 Å². The summed E-state index contributed by atoms with van der Waals surface area (Å²) in [5, 5.41) is 17.9. The van der Waals surface area contributed by atoms with Crippen molar-refractivity contribution in [2.24, 2.45) is 0 Å². The molecule has 5 heteroatoms.